The highest BCUT2D eigenvalue weighted by Gasteiger charge is 2.10. The first-order valence-electron chi connectivity index (χ1n) is 9.30. The quantitative estimate of drug-likeness (QED) is 0.441. The van der Waals surface area contributed by atoms with Crippen molar-refractivity contribution in [1.82, 2.24) is 15.6 Å². The molecule has 11 heteroatoms. The summed E-state index contributed by atoms with van der Waals surface area (Å²) in [6.45, 7) is -0.432. The Kier molecular flexibility index (Phi) is 9.79. The molecule has 0 saturated heterocycles. The Labute approximate surface area is 183 Å². The number of amides is 2. The minimum atomic E-state index is -0.877. The van der Waals surface area contributed by atoms with Crippen molar-refractivity contribution in [1.29, 1.82) is 0 Å². The van der Waals surface area contributed by atoms with E-state index in [9.17, 15) is 19.1 Å². The molecule has 1 aromatic heterocycles. The number of carbonyl (C=O) groups is 2. The molecular weight excluding hydrogens is 433 g/mol. The number of aromatic nitrogens is 1. The molecule has 0 unspecified atom stereocenters. The molecule has 1 atom stereocenters. The third-order valence-electron chi connectivity index (χ3n) is 3.85. The van der Waals surface area contributed by atoms with Crippen molar-refractivity contribution in [3.05, 3.63) is 47.2 Å². The van der Waals surface area contributed by atoms with Crippen LogP contribution in [-0.2, 0) is 9.59 Å². The van der Waals surface area contributed by atoms with Crippen molar-refractivity contribution in [2.45, 2.75) is 12.5 Å². The summed E-state index contributed by atoms with van der Waals surface area (Å²) in [4.78, 5) is 27.6. The van der Waals surface area contributed by atoms with Crippen LogP contribution in [0.2, 0.25) is 5.02 Å². The lowest BCUT2D eigenvalue weighted by molar-refractivity contribution is -0.124. The number of halogens is 2. The summed E-state index contributed by atoms with van der Waals surface area (Å²) >= 11 is 5.57. The topological polar surface area (TPSA) is 119 Å². The third kappa shape index (κ3) is 9.06. The van der Waals surface area contributed by atoms with Gasteiger partial charge in [-0.1, -0.05) is 17.7 Å². The Bertz CT molecular complexity index is 886. The van der Waals surface area contributed by atoms with Crippen LogP contribution in [0.25, 0.3) is 0 Å². The predicted octanol–water partition coefficient (Wildman–Crippen LogP) is 1.32. The van der Waals surface area contributed by atoms with Gasteiger partial charge in [-0.05, 0) is 18.6 Å². The molecule has 0 radical (unpaired) electrons. The van der Waals surface area contributed by atoms with Crippen molar-refractivity contribution in [2.24, 2.45) is 0 Å². The van der Waals surface area contributed by atoms with E-state index < -0.39 is 17.8 Å². The molecular formula is C20H23ClFN3O6. The van der Waals surface area contributed by atoms with Gasteiger partial charge in [-0.15, -0.1) is 0 Å². The number of ether oxygens (including phenoxy) is 3. The normalized spacial score (nSPS) is 11.4. The first kappa shape index (κ1) is 24.2. The molecule has 0 saturated carbocycles. The van der Waals surface area contributed by atoms with Crippen molar-refractivity contribution < 1.29 is 33.3 Å². The maximum atomic E-state index is 13.3. The van der Waals surface area contributed by atoms with E-state index in [0.29, 0.717) is 5.88 Å². The second-order valence-corrected chi connectivity index (χ2v) is 6.68. The number of pyridine rings is 1. The predicted molar refractivity (Wildman–Crippen MR) is 110 cm³/mol. The summed E-state index contributed by atoms with van der Waals surface area (Å²) in [5, 5.41) is 14.9. The van der Waals surface area contributed by atoms with E-state index in [1.54, 1.807) is 18.2 Å². The summed E-state index contributed by atoms with van der Waals surface area (Å²) < 4.78 is 28.7. The third-order valence-corrected chi connectivity index (χ3v) is 4.16. The number of benzene rings is 1. The Morgan fingerprint density at radius 3 is 2.58 bits per heavy atom. The molecule has 168 valence electrons. The van der Waals surface area contributed by atoms with Crippen molar-refractivity contribution in [2.75, 3.05) is 33.4 Å². The fourth-order valence-corrected chi connectivity index (χ4v) is 2.38. The maximum Gasteiger partial charge on any atom is 0.258 e. The van der Waals surface area contributed by atoms with Crippen molar-refractivity contribution in [3.8, 4) is 17.5 Å². The highest BCUT2D eigenvalue weighted by molar-refractivity contribution is 6.30. The summed E-state index contributed by atoms with van der Waals surface area (Å²) in [5.41, 5.74) is 0. The van der Waals surface area contributed by atoms with Crippen LogP contribution in [0.5, 0.6) is 17.5 Å². The summed E-state index contributed by atoms with van der Waals surface area (Å²) in [7, 11) is 1.47. The zero-order valence-corrected chi connectivity index (χ0v) is 17.5. The van der Waals surface area contributed by atoms with Crippen LogP contribution in [-0.4, -0.2) is 61.4 Å². The Morgan fingerprint density at radius 1 is 1.13 bits per heavy atom. The number of hydrogen-bond donors (Lipinski definition) is 3. The lowest BCUT2D eigenvalue weighted by atomic mass is 10.2. The van der Waals surface area contributed by atoms with E-state index in [1.165, 1.54) is 19.2 Å². The number of nitrogens with one attached hydrogen (secondary N) is 2. The maximum absolute atomic E-state index is 13.3. The molecule has 2 rings (SSSR count). The molecule has 0 fully saturated rings. The number of nitrogens with zero attached hydrogens (tertiary/aromatic N) is 1. The van der Waals surface area contributed by atoms with Gasteiger partial charge >= 0.3 is 0 Å². The first-order chi connectivity index (χ1) is 14.9. The van der Waals surface area contributed by atoms with Gasteiger partial charge in [-0.25, -0.2) is 4.39 Å². The minimum Gasteiger partial charge on any atom is -0.484 e. The lowest BCUT2D eigenvalue weighted by Gasteiger charge is -2.13. The molecule has 0 aliphatic carbocycles. The van der Waals surface area contributed by atoms with Crippen LogP contribution < -0.4 is 24.8 Å². The average Bonchev–Trinajstić information content (AvgIpc) is 2.77. The van der Waals surface area contributed by atoms with Crippen molar-refractivity contribution >= 4 is 23.4 Å². The fourth-order valence-electron chi connectivity index (χ4n) is 2.26. The molecule has 0 bridgehead atoms. The van der Waals surface area contributed by atoms with E-state index in [1.807, 2.05) is 0 Å². The molecule has 3 N–H and O–H groups in total. The van der Waals surface area contributed by atoms with Gasteiger partial charge in [0.1, 0.15) is 11.6 Å². The number of methoxy groups -OCH3 is 1. The van der Waals surface area contributed by atoms with Gasteiger partial charge in [0.2, 0.25) is 11.8 Å². The zero-order chi connectivity index (χ0) is 22.6. The van der Waals surface area contributed by atoms with Crippen LogP contribution >= 0.6 is 11.6 Å². The molecule has 0 aliphatic heterocycles. The molecule has 1 aromatic carbocycles. The number of carbonyl (C=O) groups excluding carboxylic acids is 2. The molecule has 1 heterocycles. The highest BCUT2D eigenvalue weighted by atomic mass is 35.5. The highest BCUT2D eigenvalue weighted by Crippen LogP contribution is 2.20. The largest absolute Gasteiger partial charge is 0.484 e. The number of aliphatic hydroxyl groups is 1. The minimum absolute atomic E-state index is 0.0305. The zero-order valence-electron chi connectivity index (χ0n) is 16.8. The monoisotopic (exact) mass is 455 g/mol. The lowest BCUT2D eigenvalue weighted by Crippen LogP contribution is -2.37. The molecule has 0 spiro atoms. The molecule has 31 heavy (non-hydrogen) atoms. The van der Waals surface area contributed by atoms with E-state index >= 15 is 0 Å². The van der Waals surface area contributed by atoms with E-state index in [2.05, 4.69) is 15.6 Å². The molecule has 9 nitrogen and oxygen atoms in total. The fraction of sp³-hybridized carbons (Fsp3) is 0.350. The second-order valence-electron chi connectivity index (χ2n) is 6.27. The van der Waals surface area contributed by atoms with E-state index in [-0.39, 0.29) is 55.3 Å². The van der Waals surface area contributed by atoms with Gasteiger partial charge in [0.25, 0.3) is 11.8 Å². The van der Waals surface area contributed by atoms with Gasteiger partial charge in [-0.2, -0.15) is 4.98 Å². The van der Waals surface area contributed by atoms with Gasteiger partial charge < -0.3 is 30.0 Å². The summed E-state index contributed by atoms with van der Waals surface area (Å²) in [5.74, 6) is -0.745. The van der Waals surface area contributed by atoms with Gasteiger partial charge in [0, 0.05) is 31.3 Å². The Balaban J connectivity index is 1.57. The van der Waals surface area contributed by atoms with Crippen LogP contribution in [0.4, 0.5) is 4.39 Å². The SMILES string of the molecule is COc1cccc(OCC(=O)NCC[C@H](O)CNC(=O)COc2ccc(Cl)c(F)c2)n1. The molecule has 2 amide bonds. The van der Waals surface area contributed by atoms with Gasteiger partial charge in [-0.3, -0.25) is 9.59 Å². The van der Waals surface area contributed by atoms with Crippen LogP contribution in [0.3, 0.4) is 0 Å². The standard InChI is InChI=1S/C20H23ClFN3O6/c1-29-19-3-2-4-20(25-19)31-12-17(27)23-8-7-13(26)10-24-18(28)11-30-14-5-6-15(21)16(22)9-14/h2-6,9,13,26H,7-8,10-12H2,1H3,(H,23,27)(H,24,28)/t13-/m0/s1. The number of aliphatic hydroxyl groups excluding tert-OH is 1. The number of hydrogen-bond acceptors (Lipinski definition) is 7. The Hall–Kier alpha value is -3.11. The smallest absolute Gasteiger partial charge is 0.258 e. The van der Waals surface area contributed by atoms with E-state index in [4.69, 9.17) is 25.8 Å². The average molecular weight is 456 g/mol. The van der Waals surface area contributed by atoms with Crippen LogP contribution in [0, 0.1) is 5.82 Å². The van der Waals surface area contributed by atoms with Crippen LogP contribution in [0.15, 0.2) is 36.4 Å². The van der Waals surface area contributed by atoms with Gasteiger partial charge in [0.15, 0.2) is 13.2 Å². The summed E-state index contributed by atoms with van der Waals surface area (Å²) in [6, 6.07) is 8.75. The molecule has 0 aliphatic rings. The second kappa shape index (κ2) is 12.6. The van der Waals surface area contributed by atoms with Crippen LogP contribution in [0.1, 0.15) is 6.42 Å². The first-order valence-corrected chi connectivity index (χ1v) is 9.68. The number of rotatable bonds is 12. The molecule has 2 aromatic rings. The summed E-state index contributed by atoms with van der Waals surface area (Å²) in [6.07, 6.45) is -0.662. The van der Waals surface area contributed by atoms with Crippen molar-refractivity contribution in [3.63, 3.8) is 0 Å². The Morgan fingerprint density at radius 2 is 1.84 bits per heavy atom. The van der Waals surface area contributed by atoms with Gasteiger partial charge in [0.05, 0.1) is 18.2 Å². The van der Waals surface area contributed by atoms with E-state index in [0.717, 1.165) is 6.07 Å².